The van der Waals surface area contributed by atoms with Crippen molar-refractivity contribution in [2.45, 2.75) is 20.0 Å². The molecule has 4 aromatic rings. The normalized spacial score (nSPS) is 12.1. The zero-order valence-electron chi connectivity index (χ0n) is 16.9. The van der Waals surface area contributed by atoms with Gasteiger partial charge >= 0.3 is 0 Å². The molecule has 4 rings (SSSR count). The summed E-state index contributed by atoms with van der Waals surface area (Å²) in [5.74, 6) is 0.155. The Hall–Kier alpha value is -3.34. The van der Waals surface area contributed by atoms with E-state index in [0.29, 0.717) is 39.2 Å². The minimum Gasteiger partial charge on any atom is -0.490 e. The SMILES string of the molecule is Cc1cnc(NC(=O)c2c(C)nc3ccc(-c4ccccc4OC[C@H](O)CO)nn23)s1. The van der Waals surface area contributed by atoms with Crippen molar-refractivity contribution in [2.75, 3.05) is 18.5 Å². The lowest BCUT2D eigenvalue weighted by Crippen LogP contribution is -2.21. The molecule has 3 aromatic heterocycles. The van der Waals surface area contributed by atoms with E-state index in [1.165, 1.54) is 15.9 Å². The highest BCUT2D eigenvalue weighted by molar-refractivity contribution is 7.15. The molecule has 0 aliphatic heterocycles. The molecule has 1 amide bonds. The van der Waals surface area contributed by atoms with Gasteiger partial charge in [0, 0.05) is 16.6 Å². The Morgan fingerprint density at radius 3 is 2.81 bits per heavy atom. The van der Waals surface area contributed by atoms with Crippen LogP contribution in [0.3, 0.4) is 0 Å². The van der Waals surface area contributed by atoms with Crippen LogP contribution in [-0.2, 0) is 0 Å². The Kier molecular flexibility index (Phi) is 5.94. The van der Waals surface area contributed by atoms with Crippen LogP contribution in [-0.4, -0.2) is 55.0 Å². The number of para-hydroxylation sites is 1. The second-order valence-corrected chi connectivity index (χ2v) is 8.14. The number of rotatable bonds is 7. The van der Waals surface area contributed by atoms with Crippen LogP contribution in [0.4, 0.5) is 5.13 Å². The highest BCUT2D eigenvalue weighted by Gasteiger charge is 2.20. The van der Waals surface area contributed by atoms with Crippen LogP contribution in [0.15, 0.2) is 42.6 Å². The highest BCUT2D eigenvalue weighted by Crippen LogP contribution is 2.29. The van der Waals surface area contributed by atoms with Crippen molar-refractivity contribution in [3.05, 3.63) is 58.9 Å². The summed E-state index contributed by atoms with van der Waals surface area (Å²) in [4.78, 5) is 22.5. The van der Waals surface area contributed by atoms with Crippen molar-refractivity contribution < 1.29 is 19.7 Å². The number of aliphatic hydroxyl groups excluding tert-OH is 2. The first-order valence-corrected chi connectivity index (χ1v) is 10.4. The molecule has 10 heteroatoms. The summed E-state index contributed by atoms with van der Waals surface area (Å²) in [6.07, 6.45) is 0.715. The number of imidazole rings is 1. The Morgan fingerprint density at radius 2 is 2.06 bits per heavy atom. The lowest BCUT2D eigenvalue weighted by molar-refractivity contribution is 0.0538. The Balaban J connectivity index is 1.70. The lowest BCUT2D eigenvalue weighted by atomic mass is 10.1. The van der Waals surface area contributed by atoms with Crippen molar-refractivity contribution in [2.24, 2.45) is 0 Å². The number of fused-ring (bicyclic) bond motifs is 1. The maximum atomic E-state index is 12.9. The molecule has 1 atom stereocenters. The van der Waals surface area contributed by atoms with Gasteiger partial charge in [0.1, 0.15) is 18.5 Å². The molecule has 0 spiro atoms. The first-order valence-electron chi connectivity index (χ1n) is 9.57. The third-order valence-corrected chi connectivity index (χ3v) is 5.34. The van der Waals surface area contributed by atoms with E-state index >= 15 is 0 Å². The van der Waals surface area contributed by atoms with Gasteiger partial charge in [0.15, 0.2) is 16.5 Å². The van der Waals surface area contributed by atoms with Gasteiger partial charge in [-0.05, 0) is 38.1 Å². The van der Waals surface area contributed by atoms with Gasteiger partial charge in [-0.2, -0.15) is 5.10 Å². The Labute approximate surface area is 182 Å². The number of hydrogen-bond acceptors (Lipinski definition) is 8. The van der Waals surface area contributed by atoms with Crippen LogP contribution >= 0.6 is 11.3 Å². The quantitative estimate of drug-likeness (QED) is 0.404. The number of carbonyl (C=O) groups excluding carboxylic acids is 1. The first-order chi connectivity index (χ1) is 15.0. The predicted molar refractivity (Wildman–Crippen MR) is 117 cm³/mol. The number of nitrogens with zero attached hydrogens (tertiary/aromatic N) is 4. The number of anilines is 1. The number of carbonyl (C=O) groups is 1. The van der Waals surface area contributed by atoms with E-state index in [0.717, 1.165) is 4.88 Å². The molecule has 0 unspecified atom stereocenters. The van der Waals surface area contributed by atoms with E-state index in [-0.39, 0.29) is 12.5 Å². The van der Waals surface area contributed by atoms with Gasteiger partial charge in [-0.25, -0.2) is 14.5 Å². The Bertz CT molecular complexity index is 1240. The highest BCUT2D eigenvalue weighted by atomic mass is 32.1. The molecular weight excluding hydrogens is 418 g/mol. The fourth-order valence-electron chi connectivity index (χ4n) is 3.06. The largest absolute Gasteiger partial charge is 0.490 e. The van der Waals surface area contributed by atoms with Gasteiger partial charge in [0.25, 0.3) is 5.91 Å². The number of thiazole rings is 1. The number of aliphatic hydroxyl groups is 2. The van der Waals surface area contributed by atoms with Crippen molar-refractivity contribution in [1.82, 2.24) is 19.6 Å². The number of aryl methyl sites for hydroxylation is 2. The third-order valence-electron chi connectivity index (χ3n) is 4.51. The van der Waals surface area contributed by atoms with Crippen molar-refractivity contribution >= 4 is 28.0 Å². The van der Waals surface area contributed by atoms with Gasteiger partial charge in [-0.1, -0.05) is 12.1 Å². The molecule has 31 heavy (non-hydrogen) atoms. The molecule has 1 aromatic carbocycles. The van der Waals surface area contributed by atoms with Crippen molar-refractivity contribution in [3.8, 4) is 17.0 Å². The maximum Gasteiger partial charge on any atom is 0.278 e. The number of ether oxygens (including phenoxy) is 1. The fourth-order valence-corrected chi connectivity index (χ4v) is 3.72. The van der Waals surface area contributed by atoms with Gasteiger partial charge in [-0.15, -0.1) is 11.3 Å². The van der Waals surface area contributed by atoms with Gasteiger partial charge in [0.05, 0.1) is 18.0 Å². The number of benzene rings is 1. The molecular formula is C21H21N5O4S. The van der Waals surface area contributed by atoms with Crippen molar-refractivity contribution in [3.63, 3.8) is 0 Å². The zero-order chi connectivity index (χ0) is 22.0. The second-order valence-electron chi connectivity index (χ2n) is 6.91. The molecule has 0 bridgehead atoms. The molecule has 0 aliphatic rings. The molecule has 0 saturated carbocycles. The molecule has 0 aliphatic carbocycles. The van der Waals surface area contributed by atoms with E-state index < -0.39 is 12.7 Å². The zero-order valence-corrected chi connectivity index (χ0v) is 17.8. The topological polar surface area (TPSA) is 122 Å². The van der Waals surface area contributed by atoms with Crippen LogP contribution in [0, 0.1) is 13.8 Å². The van der Waals surface area contributed by atoms with Crippen molar-refractivity contribution in [1.29, 1.82) is 0 Å². The van der Waals surface area contributed by atoms with Crippen LogP contribution in [0.2, 0.25) is 0 Å². The maximum absolute atomic E-state index is 12.9. The average Bonchev–Trinajstić information content (AvgIpc) is 3.32. The average molecular weight is 439 g/mol. The summed E-state index contributed by atoms with van der Waals surface area (Å²) in [6, 6.07) is 10.8. The number of amides is 1. The fraction of sp³-hybridized carbons (Fsp3) is 0.238. The van der Waals surface area contributed by atoms with Gasteiger partial charge in [0.2, 0.25) is 0 Å². The van der Waals surface area contributed by atoms with Crippen LogP contribution in [0.1, 0.15) is 21.1 Å². The van der Waals surface area contributed by atoms with E-state index in [1.807, 2.05) is 19.1 Å². The van der Waals surface area contributed by atoms with Gasteiger partial charge < -0.3 is 14.9 Å². The molecule has 160 valence electrons. The molecule has 0 fully saturated rings. The standard InChI is InChI=1S/C21H21N5O4S/c1-12-9-22-21(31-12)24-20(29)19-13(2)23-18-8-7-16(25-26(18)19)15-5-3-4-6-17(15)30-11-14(28)10-27/h3-9,14,27-28H,10-11H2,1-2H3,(H,22,24,29)/t14-/m1/s1. The van der Waals surface area contributed by atoms with E-state index in [4.69, 9.17) is 9.84 Å². The minimum absolute atomic E-state index is 0.0547. The monoisotopic (exact) mass is 439 g/mol. The molecule has 0 radical (unpaired) electrons. The number of hydrogen-bond donors (Lipinski definition) is 3. The number of aromatic nitrogens is 4. The molecule has 3 N–H and O–H groups in total. The molecule has 9 nitrogen and oxygen atoms in total. The Morgan fingerprint density at radius 1 is 1.26 bits per heavy atom. The van der Waals surface area contributed by atoms with Crippen LogP contribution in [0.25, 0.3) is 16.9 Å². The summed E-state index contributed by atoms with van der Waals surface area (Å²) in [5, 5.41) is 26.5. The van der Waals surface area contributed by atoms with E-state index in [9.17, 15) is 9.90 Å². The summed E-state index contributed by atoms with van der Waals surface area (Å²) in [7, 11) is 0. The summed E-state index contributed by atoms with van der Waals surface area (Å²) < 4.78 is 7.16. The van der Waals surface area contributed by atoms with Crippen LogP contribution in [0.5, 0.6) is 5.75 Å². The van der Waals surface area contributed by atoms with E-state index in [1.54, 1.807) is 37.4 Å². The second kappa shape index (κ2) is 8.80. The first kappa shape index (κ1) is 20.9. The lowest BCUT2D eigenvalue weighted by Gasteiger charge is -2.13. The summed E-state index contributed by atoms with van der Waals surface area (Å²) >= 11 is 1.39. The smallest absolute Gasteiger partial charge is 0.278 e. The predicted octanol–water partition coefficient (Wildman–Crippen LogP) is 2.45. The summed E-state index contributed by atoms with van der Waals surface area (Å²) in [5.41, 5.74) is 2.65. The number of nitrogens with one attached hydrogen (secondary N) is 1. The minimum atomic E-state index is -0.982. The summed E-state index contributed by atoms with van der Waals surface area (Å²) in [6.45, 7) is 3.22. The molecule has 0 saturated heterocycles. The van der Waals surface area contributed by atoms with Gasteiger partial charge in [-0.3, -0.25) is 10.1 Å². The van der Waals surface area contributed by atoms with Crippen LogP contribution < -0.4 is 10.1 Å². The third kappa shape index (κ3) is 4.41. The molecule has 3 heterocycles. The van der Waals surface area contributed by atoms with E-state index in [2.05, 4.69) is 20.4 Å².